The Morgan fingerprint density at radius 1 is 0.941 bits per heavy atom. The third-order valence-corrected chi connectivity index (χ3v) is 5.80. The standard InChI is InChI=1S/C25H21F3N2O3S/c1-2-32-19-10-12-20(13-11-19)33-14-15-34-24-29-22-9-4-3-8-21(22)23(31)30(24)18-7-5-6-17(16-18)25(26,27)28/h3-13,16H,2,14-15H2,1H3. The number of ether oxygens (including phenoxy) is 2. The van der Waals surface area contributed by atoms with Crippen molar-refractivity contribution in [3.05, 3.63) is 88.7 Å². The number of aromatic nitrogens is 2. The van der Waals surface area contributed by atoms with Gasteiger partial charge in [-0.05, 0) is 61.5 Å². The van der Waals surface area contributed by atoms with E-state index in [2.05, 4.69) is 4.98 Å². The van der Waals surface area contributed by atoms with Crippen molar-refractivity contribution < 1.29 is 22.6 Å². The molecule has 176 valence electrons. The SMILES string of the molecule is CCOc1ccc(OCCSc2nc3ccccc3c(=O)n2-c2cccc(C(F)(F)F)c2)cc1. The zero-order valence-electron chi connectivity index (χ0n) is 18.2. The fourth-order valence-electron chi connectivity index (χ4n) is 3.35. The van der Waals surface area contributed by atoms with Crippen LogP contribution in [0.25, 0.3) is 16.6 Å². The molecule has 4 rings (SSSR count). The van der Waals surface area contributed by atoms with Crippen LogP contribution in [0.3, 0.4) is 0 Å². The van der Waals surface area contributed by atoms with Crippen LogP contribution in [0.15, 0.2) is 82.7 Å². The molecular formula is C25H21F3N2O3S. The minimum Gasteiger partial charge on any atom is -0.494 e. The van der Waals surface area contributed by atoms with E-state index >= 15 is 0 Å². The molecule has 0 saturated heterocycles. The van der Waals surface area contributed by atoms with Crippen LogP contribution in [-0.4, -0.2) is 28.5 Å². The summed E-state index contributed by atoms with van der Waals surface area (Å²) in [7, 11) is 0. The first-order chi connectivity index (χ1) is 16.4. The van der Waals surface area contributed by atoms with Crippen LogP contribution in [0.4, 0.5) is 13.2 Å². The molecule has 0 aliphatic carbocycles. The number of alkyl halides is 3. The number of fused-ring (bicyclic) bond motifs is 1. The highest BCUT2D eigenvalue weighted by Gasteiger charge is 2.30. The predicted molar refractivity (Wildman–Crippen MR) is 126 cm³/mol. The molecule has 0 aliphatic heterocycles. The van der Waals surface area contributed by atoms with E-state index in [1.54, 1.807) is 36.4 Å². The van der Waals surface area contributed by atoms with Gasteiger partial charge in [-0.25, -0.2) is 4.98 Å². The number of rotatable bonds is 8. The number of nitrogens with zero attached hydrogens (tertiary/aromatic N) is 2. The van der Waals surface area contributed by atoms with Crippen LogP contribution in [0.5, 0.6) is 11.5 Å². The van der Waals surface area contributed by atoms with E-state index in [0.29, 0.717) is 40.8 Å². The minimum atomic E-state index is -4.53. The number of para-hydroxylation sites is 1. The molecular weight excluding hydrogens is 465 g/mol. The minimum absolute atomic E-state index is 0.105. The maximum atomic E-state index is 13.3. The van der Waals surface area contributed by atoms with Gasteiger partial charge in [0.2, 0.25) is 0 Å². The van der Waals surface area contributed by atoms with Crippen LogP contribution < -0.4 is 15.0 Å². The second kappa shape index (κ2) is 10.2. The van der Waals surface area contributed by atoms with Gasteiger partial charge in [-0.3, -0.25) is 9.36 Å². The summed E-state index contributed by atoms with van der Waals surface area (Å²) < 4.78 is 52.2. The van der Waals surface area contributed by atoms with Crippen molar-refractivity contribution in [3.8, 4) is 17.2 Å². The van der Waals surface area contributed by atoms with Crippen molar-refractivity contribution in [3.63, 3.8) is 0 Å². The molecule has 1 heterocycles. The summed E-state index contributed by atoms with van der Waals surface area (Å²) in [5.41, 5.74) is -0.682. The molecule has 0 aliphatic rings. The molecule has 3 aromatic carbocycles. The molecule has 0 radical (unpaired) electrons. The number of hydrogen-bond donors (Lipinski definition) is 0. The first-order valence-electron chi connectivity index (χ1n) is 10.5. The highest BCUT2D eigenvalue weighted by atomic mass is 32.2. The van der Waals surface area contributed by atoms with Gasteiger partial charge in [0.05, 0.1) is 35.4 Å². The summed E-state index contributed by atoms with van der Waals surface area (Å²) in [5, 5.41) is 0.619. The molecule has 34 heavy (non-hydrogen) atoms. The third kappa shape index (κ3) is 5.36. The Hall–Kier alpha value is -3.46. The monoisotopic (exact) mass is 486 g/mol. The number of benzene rings is 3. The fourth-order valence-corrected chi connectivity index (χ4v) is 4.18. The fraction of sp³-hybridized carbons (Fsp3) is 0.200. The maximum Gasteiger partial charge on any atom is 0.416 e. The molecule has 0 atom stereocenters. The Balaban J connectivity index is 1.60. The molecule has 0 fully saturated rings. The van der Waals surface area contributed by atoms with Gasteiger partial charge in [-0.1, -0.05) is 30.0 Å². The molecule has 0 spiro atoms. The summed E-state index contributed by atoms with van der Waals surface area (Å²) in [6.07, 6.45) is -4.53. The van der Waals surface area contributed by atoms with Gasteiger partial charge in [0.25, 0.3) is 5.56 Å². The zero-order valence-corrected chi connectivity index (χ0v) is 19.0. The second-order valence-corrected chi connectivity index (χ2v) is 8.26. The lowest BCUT2D eigenvalue weighted by Gasteiger charge is -2.15. The molecule has 1 aromatic heterocycles. The van der Waals surface area contributed by atoms with Gasteiger partial charge < -0.3 is 9.47 Å². The molecule has 5 nitrogen and oxygen atoms in total. The maximum absolute atomic E-state index is 13.3. The Labute approximate surface area is 198 Å². The van der Waals surface area contributed by atoms with E-state index in [1.807, 2.05) is 19.1 Å². The molecule has 0 unspecified atom stereocenters. The first-order valence-corrected chi connectivity index (χ1v) is 11.5. The summed E-state index contributed by atoms with van der Waals surface area (Å²) in [6, 6.07) is 18.6. The summed E-state index contributed by atoms with van der Waals surface area (Å²) in [5.74, 6) is 1.83. The molecule has 4 aromatic rings. The summed E-state index contributed by atoms with van der Waals surface area (Å²) >= 11 is 1.24. The van der Waals surface area contributed by atoms with Crippen LogP contribution >= 0.6 is 11.8 Å². The van der Waals surface area contributed by atoms with Crippen LogP contribution in [-0.2, 0) is 6.18 Å². The topological polar surface area (TPSA) is 53.4 Å². The van der Waals surface area contributed by atoms with Gasteiger partial charge in [-0.2, -0.15) is 13.2 Å². The largest absolute Gasteiger partial charge is 0.494 e. The van der Waals surface area contributed by atoms with Crippen molar-refractivity contribution in [1.29, 1.82) is 0 Å². The quantitative estimate of drug-likeness (QED) is 0.174. The molecule has 9 heteroatoms. The summed E-state index contributed by atoms with van der Waals surface area (Å²) in [6.45, 7) is 2.79. The number of halogens is 3. The Kier molecular flexibility index (Phi) is 7.12. The lowest BCUT2D eigenvalue weighted by atomic mass is 10.2. The smallest absolute Gasteiger partial charge is 0.416 e. The third-order valence-electron chi connectivity index (χ3n) is 4.89. The van der Waals surface area contributed by atoms with Crippen molar-refractivity contribution >= 4 is 22.7 Å². The molecule has 0 bridgehead atoms. The highest BCUT2D eigenvalue weighted by Crippen LogP contribution is 2.31. The normalized spacial score (nSPS) is 11.5. The molecule has 0 N–H and O–H groups in total. The van der Waals surface area contributed by atoms with Gasteiger partial charge in [0, 0.05) is 5.75 Å². The van der Waals surface area contributed by atoms with E-state index in [1.165, 1.54) is 28.5 Å². The van der Waals surface area contributed by atoms with Crippen molar-refractivity contribution in [2.45, 2.75) is 18.3 Å². The summed E-state index contributed by atoms with van der Waals surface area (Å²) in [4.78, 5) is 17.8. The second-order valence-electron chi connectivity index (χ2n) is 7.20. The van der Waals surface area contributed by atoms with Crippen molar-refractivity contribution in [2.24, 2.45) is 0 Å². The average molecular weight is 487 g/mol. The van der Waals surface area contributed by atoms with Crippen LogP contribution in [0, 0.1) is 0 Å². The first kappa shape index (κ1) is 23.7. The highest BCUT2D eigenvalue weighted by molar-refractivity contribution is 7.99. The predicted octanol–water partition coefficient (Wildman–Crippen LogP) is 5.97. The number of thioether (sulfide) groups is 1. The van der Waals surface area contributed by atoms with Gasteiger partial charge >= 0.3 is 6.18 Å². The van der Waals surface area contributed by atoms with E-state index in [9.17, 15) is 18.0 Å². The van der Waals surface area contributed by atoms with Gasteiger partial charge in [-0.15, -0.1) is 0 Å². The van der Waals surface area contributed by atoms with E-state index < -0.39 is 17.3 Å². The van der Waals surface area contributed by atoms with Crippen LogP contribution in [0.2, 0.25) is 0 Å². The molecule has 0 amide bonds. The van der Waals surface area contributed by atoms with Crippen LogP contribution in [0.1, 0.15) is 12.5 Å². The van der Waals surface area contributed by atoms with Gasteiger partial charge in [0.15, 0.2) is 5.16 Å². The lowest BCUT2D eigenvalue weighted by molar-refractivity contribution is -0.137. The Morgan fingerprint density at radius 3 is 2.35 bits per heavy atom. The lowest BCUT2D eigenvalue weighted by Crippen LogP contribution is -2.22. The van der Waals surface area contributed by atoms with E-state index in [4.69, 9.17) is 9.47 Å². The molecule has 0 saturated carbocycles. The average Bonchev–Trinajstić information content (AvgIpc) is 2.83. The Bertz CT molecular complexity index is 1340. The zero-order chi connectivity index (χ0) is 24.1. The van der Waals surface area contributed by atoms with E-state index in [0.717, 1.165) is 17.9 Å². The van der Waals surface area contributed by atoms with Crippen molar-refractivity contribution in [2.75, 3.05) is 19.0 Å². The van der Waals surface area contributed by atoms with E-state index in [-0.39, 0.29) is 5.69 Å². The number of hydrogen-bond acceptors (Lipinski definition) is 5. The van der Waals surface area contributed by atoms with Gasteiger partial charge in [0.1, 0.15) is 11.5 Å². The Morgan fingerprint density at radius 2 is 1.65 bits per heavy atom. The van der Waals surface area contributed by atoms with Crippen molar-refractivity contribution in [1.82, 2.24) is 9.55 Å².